The summed E-state index contributed by atoms with van der Waals surface area (Å²) in [7, 11) is 0. The number of carbonyl (C=O) groups excluding carboxylic acids is 1. The standard InChI is InChI=1S/C20H30N2O3/c1-4-24-17-9-7-16(8-10-17)18-6-5-11-22(18)19(23)14-21-12-13-25-20(2,3)15-21/h7-10,18H,4-6,11-15H2,1-3H3. The van der Waals surface area contributed by atoms with Crippen LogP contribution in [-0.4, -0.2) is 60.7 Å². The van der Waals surface area contributed by atoms with Crippen molar-refractivity contribution in [3.63, 3.8) is 0 Å². The second-order valence-electron chi connectivity index (χ2n) is 7.57. The van der Waals surface area contributed by atoms with E-state index < -0.39 is 0 Å². The van der Waals surface area contributed by atoms with Crippen LogP contribution in [0.25, 0.3) is 0 Å². The predicted octanol–water partition coefficient (Wildman–Crippen LogP) is 2.86. The minimum Gasteiger partial charge on any atom is -0.494 e. The molecule has 0 spiro atoms. The summed E-state index contributed by atoms with van der Waals surface area (Å²) in [6, 6.07) is 8.39. The maximum Gasteiger partial charge on any atom is 0.237 e. The SMILES string of the molecule is CCOc1ccc(C2CCCN2C(=O)CN2CCOC(C)(C)C2)cc1. The van der Waals surface area contributed by atoms with E-state index in [0.717, 1.165) is 38.2 Å². The summed E-state index contributed by atoms with van der Waals surface area (Å²) in [6.07, 6.45) is 2.10. The minimum absolute atomic E-state index is 0.169. The molecule has 0 N–H and O–H groups in total. The van der Waals surface area contributed by atoms with Gasteiger partial charge in [0.2, 0.25) is 5.91 Å². The van der Waals surface area contributed by atoms with E-state index in [4.69, 9.17) is 9.47 Å². The molecule has 0 aromatic heterocycles. The van der Waals surface area contributed by atoms with Crippen LogP contribution in [-0.2, 0) is 9.53 Å². The number of amides is 1. The zero-order valence-corrected chi connectivity index (χ0v) is 15.7. The van der Waals surface area contributed by atoms with Crippen LogP contribution in [0, 0.1) is 0 Å². The highest BCUT2D eigenvalue weighted by molar-refractivity contribution is 5.79. The average Bonchev–Trinajstić information content (AvgIpc) is 3.04. The van der Waals surface area contributed by atoms with Crippen molar-refractivity contribution in [3.8, 4) is 5.75 Å². The quantitative estimate of drug-likeness (QED) is 0.822. The van der Waals surface area contributed by atoms with Gasteiger partial charge in [-0.1, -0.05) is 12.1 Å². The number of hydrogen-bond acceptors (Lipinski definition) is 4. The van der Waals surface area contributed by atoms with Gasteiger partial charge >= 0.3 is 0 Å². The van der Waals surface area contributed by atoms with Crippen molar-refractivity contribution < 1.29 is 14.3 Å². The Balaban J connectivity index is 1.63. The fraction of sp³-hybridized carbons (Fsp3) is 0.650. The molecule has 1 unspecified atom stereocenters. The molecule has 0 radical (unpaired) electrons. The van der Waals surface area contributed by atoms with E-state index in [1.165, 1.54) is 5.56 Å². The molecule has 1 aromatic rings. The van der Waals surface area contributed by atoms with Crippen LogP contribution in [0.15, 0.2) is 24.3 Å². The minimum atomic E-state index is -0.169. The van der Waals surface area contributed by atoms with E-state index in [9.17, 15) is 4.79 Å². The van der Waals surface area contributed by atoms with Crippen molar-refractivity contribution in [2.75, 3.05) is 39.4 Å². The summed E-state index contributed by atoms with van der Waals surface area (Å²) in [6.45, 7) is 10.5. The third-order valence-corrected chi connectivity index (χ3v) is 5.01. The summed E-state index contributed by atoms with van der Waals surface area (Å²) in [5.41, 5.74) is 1.04. The number of ether oxygens (including phenoxy) is 2. The highest BCUT2D eigenvalue weighted by atomic mass is 16.5. The van der Waals surface area contributed by atoms with Crippen LogP contribution < -0.4 is 4.74 Å². The Bertz CT molecular complexity index is 585. The van der Waals surface area contributed by atoms with E-state index in [1.54, 1.807) is 0 Å². The molecule has 3 rings (SSSR count). The molecule has 0 bridgehead atoms. The highest BCUT2D eigenvalue weighted by Gasteiger charge is 2.33. The lowest BCUT2D eigenvalue weighted by Gasteiger charge is -2.38. The molecule has 25 heavy (non-hydrogen) atoms. The molecule has 2 aliphatic rings. The van der Waals surface area contributed by atoms with Gasteiger partial charge in [0, 0.05) is 19.6 Å². The lowest BCUT2D eigenvalue weighted by atomic mass is 10.0. The highest BCUT2D eigenvalue weighted by Crippen LogP contribution is 2.33. The molecule has 1 aromatic carbocycles. The largest absolute Gasteiger partial charge is 0.494 e. The van der Waals surface area contributed by atoms with Crippen LogP contribution in [0.4, 0.5) is 0 Å². The Morgan fingerprint density at radius 2 is 2.04 bits per heavy atom. The summed E-state index contributed by atoms with van der Waals surface area (Å²) in [4.78, 5) is 17.2. The first kappa shape index (κ1) is 18.2. The Kier molecular flexibility index (Phi) is 5.64. The lowest BCUT2D eigenvalue weighted by Crippen LogP contribution is -2.51. The topological polar surface area (TPSA) is 42.0 Å². The number of hydrogen-bond donors (Lipinski definition) is 0. The molecule has 5 nitrogen and oxygen atoms in total. The Hall–Kier alpha value is -1.59. The fourth-order valence-electron chi connectivity index (χ4n) is 3.90. The normalized spacial score (nSPS) is 23.6. The van der Waals surface area contributed by atoms with Crippen molar-refractivity contribution in [2.45, 2.75) is 45.3 Å². The van der Waals surface area contributed by atoms with Crippen LogP contribution in [0.3, 0.4) is 0 Å². The number of likely N-dealkylation sites (tertiary alicyclic amines) is 1. The van der Waals surface area contributed by atoms with Crippen molar-refractivity contribution in [1.82, 2.24) is 9.80 Å². The summed E-state index contributed by atoms with van der Waals surface area (Å²) in [5.74, 6) is 1.12. The molecule has 5 heteroatoms. The second kappa shape index (κ2) is 7.75. The van der Waals surface area contributed by atoms with E-state index in [1.807, 2.05) is 19.1 Å². The smallest absolute Gasteiger partial charge is 0.237 e. The Morgan fingerprint density at radius 1 is 1.28 bits per heavy atom. The first-order valence-corrected chi connectivity index (χ1v) is 9.37. The van der Waals surface area contributed by atoms with E-state index in [2.05, 4.69) is 35.8 Å². The molecule has 0 aliphatic carbocycles. The number of rotatable bonds is 5. The van der Waals surface area contributed by atoms with Gasteiger partial charge in [-0.2, -0.15) is 0 Å². The number of nitrogens with zero attached hydrogens (tertiary/aromatic N) is 2. The summed E-state index contributed by atoms with van der Waals surface area (Å²) >= 11 is 0. The number of carbonyl (C=O) groups is 1. The van der Waals surface area contributed by atoms with Gasteiger partial charge in [0.05, 0.1) is 31.4 Å². The van der Waals surface area contributed by atoms with Gasteiger partial charge in [-0.25, -0.2) is 0 Å². The third-order valence-electron chi connectivity index (χ3n) is 5.01. The van der Waals surface area contributed by atoms with Gasteiger partial charge in [0.15, 0.2) is 0 Å². The first-order chi connectivity index (χ1) is 12.0. The van der Waals surface area contributed by atoms with Crippen LogP contribution >= 0.6 is 0 Å². The molecule has 1 amide bonds. The molecule has 1 atom stereocenters. The Morgan fingerprint density at radius 3 is 2.72 bits per heavy atom. The maximum atomic E-state index is 12.9. The molecular formula is C20H30N2O3. The van der Waals surface area contributed by atoms with Crippen molar-refractivity contribution in [2.24, 2.45) is 0 Å². The van der Waals surface area contributed by atoms with Gasteiger partial charge in [0.1, 0.15) is 5.75 Å². The van der Waals surface area contributed by atoms with E-state index in [0.29, 0.717) is 19.8 Å². The summed E-state index contributed by atoms with van der Waals surface area (Å²) < 4.78 is 11.3. The third kappa shape index (κ3) is 4.53. The van der Waals surface area contributed by atoms with E-state index in [-0.39, 0.29) is 17.6 Å². The molecule has 0 saturated carbocycles. The lowest BCUT2D eigenvalue weighted by molar-refractivity contribution is -0.137. The van der Waals surface area contributed by atoms with Crippen LogP contribution in [0.2, 0.25) is 0 Å². The van der Waals surface area contributed by atoms with Crippen LogP contribution in [0.1, 0.15) is 45.2 Å². The van der Waals surface area contributed by atoms with Gasteiger partial charge in [-0.15, -0.1) is 0 Å². The van der Waals surface area contributed by atoms with Gasteiger partial charge in [0.25, 0.3) is 0 Å². The molecule has 138 valence electrons. The van der Waals surface area contributed by atoms with Gasteiger partial charge in [-0.3, -0.25) is 9.69 Å². The van der Waals surface area contributed by atoms with Crippen molar-refractivity contribution in [3.05, 3.63) is 29.8 Å². The molecular weight excluding hydrogens is 316 g/mol. The van der Waals surface area contributed by atoms with Gasteiger partial charge < -0.3 is 14.4 Å². The zero-order valence-electron chi connectivity index (χ0n) is 15.7. The first-order valence-electron chi connectivity index (χ1n) is 9.37. The predicted molar refractivity (Wildman–Crippen MR) is 97.8 cm³/mol. The maximum absolute atomic E-state index is 12.9. The molecule has 2 saturated heterocycles. The second-order valence-corrected chi connectivity index (χ2v) is 7.57. The van der Waals surface area contributed by atoms with Crippen molar-refractivity contribution in [1.29, 1.82) is 0 Å². The zero-order chi connectivity index (χ0) is 17.9. The summed E-state index contributed by atoms with van der Waals surface area (Å²) in [5, 5.41) is 0. The number of morpholine rings is 1. The Labute approximate surface area is 150 Å². The fourth-order valence-corrected chi connectivity index (χ4v) is 3.90. The van der Waals surface area contributed by atoms with Crippen molar-refractivity contribution >= 4 is 5.91 Å². The molecule has 2 aliphatic heterocycles. The molecule has 2 fully saturated rings. The van der Waals surface area contributed by atoms with Gasteiger partial charge in [-0.05, 0) is 51.3 Å². The van der Waals surface area contributed by atoms with Crippen LogP contribution in [0.5, 0.6) is 5.75 Å². The van der Waals surface area contributed by atoms with E-state index >= 15 is 0 Å². The number of benzene rings is 1. The monoisotopic (exact) mass is 346 g/mol. The molecule has 2 heterocycles. The average molecular weight is 346 g/mol.